The van der Waals surface area contributed by atoms with Crippen molar-refractivity contribution in [3.8, 4) is 17.5 Å². The number of alkyl halides is 1. The summed E-state index contributed by atoms with van der Waals surface area (Å²) in [5.41, 5.74) is 1.86. The molecule has 0 spiro atoms. The third-order valence-corrected chi connectivity index (χ3v) is 5.57. The first-order chi connectivity index (χ1) is 15.2. The zero-order valence-electron chi connectivity index (χ0n) is 18.2. The van der Waals surface area contributed by atoms with E-state index in [9.17, 15) is 14.0 Å². The fraction of sp³-hybridized carbons (Fsp3) is 0.435. The van der Waals surface area contributed by atoms with Crippen LogP contribution < -0.4 is 0 Å². The SMILES string of the molecule is CC(C)(C)OC(=O)N1C[C@H](N2Cc3ccc(-c4cc(C#N)ccn4)nc3C2=O)C[C@H]1CF. The minimum absolute atomic E-state index is 0.210. The number of likely N-dealkylation sites (tertiary alicyclic amines) is 1. The van der Waals surface area contributed by atoms with Crippen molar-refractivity contribution in [2.45, 2.75) is 51.4 Å². The molecule has 1 saturated heterocycles. The number of carbonyl (C=O) groups is 2. The number of aromatic nitrogens is 2. The molecule has 32 heavy (non-hydrogen) atoms. The summed E-state index contributed by atoms with van der Waals surface area (Å²) in [5.74, 6) is -0.257. The molecule has 0 radical (unpaired) electrons. The molecule has 0 N–H and O–H groups in total. The first-order valence-electron chi connectivity index (χ1n) is 10.4. The topological polar surface area (TPSA) is 99.4 Å². The van der Waals surface area contributed by atoms with Gasteiger partial charge in [0.15, 0.2) is 0 Å². The Morgan fingerprint density at radius 1 is 1.31 bits per heavy atom. The molecule has 9 heteroatoms. The van der Waals surface area contributed by atoms with Gasteiger partial charge in [0.25, 0.3) is 5.91 Å². The van der Waals surface area contributed by atoms with Crippen molar-refractivity contribution >= 4 is 12.0 Å². The zero-order valence-corrected chi connectivity index (χ0v) is 18.2. The molecule has 0 aliphatic carbocycles. The number of amides is 2. The average molecular weight is 437 g/mol. The standard InChI is InChI=1S/C23H24FN5O3/c1-23(2,3)32-22(31)29-13-17(9-16(29)10-24)28-12-15-4-5-18(27-20(15)21(28)30)19-8-14(11-25)6-7-26-19/h4-8,16-17H,9-10,12-13H2,1-3H3/t16-,17+/m0/s1. The van der Waals surface area contributed by atoms with Crippen LogP contribution in [0.1, 0.15) is 48.8 Å². The summed E-state index contributed by atoms with van der Waals surface area (Å²) in [6, 6.07) is 7.92. The number of nitriles is 1. The Kier molecular flexibility index (Phi) is 5.55. The number of hydrogen-bond donors (Lipinski definition) is 0. The number of hydrogen-bond acceptors (Lipinski definition) is 6. The van der Waals surface area contributed by atoms with Gasteiger partial charge in [-0.1, -0.05) is 6.07 Å². The van der Waals surface area contributed by atoms with E-state index in [2.05, 4.69) is 16.0 Å². The molecule has 1 fully saturated rings. The van der Waals surface area contributed by atoms with Crippen LogP contribution >= 0.6 is 0 Å². The number of carbonyl (C=O) groups excluding carboxylic acids is 2. The van der Waals surface area contributed by atoms with Gasteiger partial charge in [0.2, 0.25) is 0 Å². The van der Waals surface area contributed by atoms with E-state index in [1.807, 2.05) is 6.07 Å². The van der Waals surface area contributed by atoms with Crippen molar-refractivity contribution < 1.29 is 18.7 Å². The fourth-order valence-corrected chi connectivity index (χ4v) is 4.08. The van der Waals surface area contributed by atoms with Gasteiger partial charge in [0.1, 0.15) is 18.0 Å². The minimum Gasteiger partial charge on any atom is -0.444 e. The van der Waals surface area contributed by atoms with Crippen LogP contribution in [0.5, 0.6) is 0 Å². The van der Waals surface area contributed by atoms with E-state index in [4.69, 9.17) is 10.00 Å². The molecule has 8 nitrogen and oxygen atoms in total. The molecule has 166 valence electrons. The number of ether oxygens (including phenoxy) is 1. The summed E-state index contributed by atoms with van der Waals surface area (Å²) in [6.07, 6.45) is 1.29. The summed E-state index contributed by atoms with van der Waals surface area (Å²) in [6.45, 7) is 5.13. The average Bonchev–Trinajstić information content (AvgIpc) is 3.33. The van der Waals surface area contributed by atoms with Crippen LogP contribution in [0.3, 0.4) is 0 Å². The summed E-state index contributed by atoms with van der Waals surface area (Å²) in [7, 11) is 0. The highest BCUT2D eigenvalue weighted by Gasteiger charge is 2.44. The van der Waals surface area contributed by atoms with Crippen LogP contribution in [0.15, 0.2) is 30.5 Å². The number of halogens is 1. The van der Waals surface area contributed by atoms with E-state index in [1.54, 1.807) is 43.9 Å². The third kappa shape index (κ3) is 4.13. The van der Waals surface area contributed by atoms with Crippen molar-refractivity contribution in [3.05, 3.63) is 47.3 Å². The second-order valence-electron chi connectivity index (χ2n) is 9.01. The van der Waals surface area contributed by atoms with Crippen molar-refractivity contribution in [3.63, 3.8) is 0 Å². The van der Waals surface area contributed by atoms with Gasteiger partial charge in [-0.3, -0.25) is 9.78 Å². The van der Waals surface area contributed by atoms with E-state index in [-0.39, 0.29) is 18.5 Å². The summed E-state index contributed by atoms with van der Waals surface area (Å²) in [4.78, 5) is 37.5. The van der Waals surface area contributed by atoms with Gasteiger partial charge in [0, 0.05) is 24.8 Å². The van der Waals surface area contributed by atoms with Crippen molar-refractivity contribution in [1.29, 1.82) is 5.26 Å². The van der Waals surface area contributed by atoms with Crippen molar-refractivity contribution in [2.24, 2.45) is 0 Å². The quantitative estimate of drug-likeness (QED) is 0.730. The van der Waals surface area contributed by atoms with E-state index < -0.39 is 24.4 Å². The van der Waals surface area contributed by atoms with Gasteiger partial charge >= 0.3 is 6.09 Å². The Labute approximate surface area is 185 Å². The highest BCUT2D eigenvalue weighted by molar-refractivity contribution is 5.97. The van der Waals surface area contributed by atoms with E-state index >= 15 is 0 Å². The van der Waals surface area contributed by atoms with Gasteiger partial charge in [-0.2, -0.15) is 5.26 Å². The summed E-state index contributed by atoms with van der Waals surface area (Å²) < 4.78 is 19.1. The summed E-state index contributed by atoms with van der Waals surface area (Å²) >= 11 is 0. The van der Waals surface area contributed by atoms with Gasteiger partial charge < -0.3 is 14.5 Å². The molecule has 2 aromatic heterocycles. The molecule has 0 saturated carbocycles. The van der Waals surface area contributed by atoms with Crippen LogP contribution in [-0.4, -0.2) is 62.7 Å². The number of fused-ring (bicyclic) bond motifs is 1. The highest BCUT2D eigenvalue weighted by atomic mass is 19.1. The lowest BCUT2D eigenvalue weighted by Crippen LogP contribution is -2.42. The molecule has 2 aromatic rings. The lowest BCUT2D eigenvalue weighted by atomic mass is 10.1. The van der Waals surface area contributed by atoms with Crippen LogP contribution in [0.2, 0.25) is 0 Å². The lowest BCUT2D eigenvalue weighted by molar-refractivity contribution is 0.0196. The van der Waals surface area contributed by atoms with E-state index in [1.165, 1.54) is 11.1 Å². The van der Waals surface area contributed by atoms with Gasteiger partial charge in [-0.25, -0.2) is 14.2 Å². The molecule has 2 aliphatic rings. The number of rotatable bonds is 3. The molecule has 2 amide bonds. The molecule has 4 heterocycles. The van der Waals surface area contributed by atoms with Crippen molar-refractivity contribution in [1.82, 2.24) is 19.8 Å². The Morgan fingerprint density at radius 2 is 2.09 bits per heavy atom. The largest absolute Gasteiger partial charge is 0.444 e. The Hall–Kier alpha value is -3.54. The van der Waals surface area contributed by atoms with Crippen LogP contribution in [0, 0.1) is 11.3 Å². The highest BCUT2D eigenvalue weighted by Crippen LogP contribution is 2.32. The smallest absolute Gasteiger partial charge is 0.410 e. The molecule has 0 aromatic carbocycles. The van der Waals surface area contributed by atoms with Crippen LogP contribution in [0.25, 0.3) is 11.4 Å². The first kappa shape index (κ1) is 21.7. The minimum atomic E-state index is -0.700. The van der Waals surface area contributed by atoms with Gasteiger partial charge in [-0.15, -0.1) is 0 Å². The Bertz CT molecular complexity index is 1110. The fourth-order valence-electron chi connectivity index (χ4n) is 4.08. The molecule has 2 atom stereocenters. The molecular formula is C23H24FN5O3. The monoisotopic (exact) mass is 437 g/mol. The number of nitrogens with zero attached hydrogens (tertiary/aromatic N) is 5. The first-order valence-corrected chi connectivity index (χ1v) is 10.4. The maximum absolute atomic E-state index is 13.7. The molecular weight excluding hydrogens is 413 g/mol. The molecule has 0 unspecified atom stereocenters. The Balaban J connectivity index is 1.54. The van der Waals surface area contributed by atoms with E-state index in [0.717, 1.165) is 5.56 Å². The Morgan fingerprint density at radius 3 is 2.78 bits per heavy atom. The second-order valence-corrected chi connectivity index (χ2v) is 9.01. The summed E-state index contributed by atoms with van der Waals surface area (Å²) in [5, 5.41) is 9.10. The zero-order chi connectivity index (χ0) is 23.0. The van der Waals surface area contributed by atoms with Gasteiger partial charge in [-0.05, 0) is 45.4 Å². The van der Waals surface area contributed by atoms with Crippen molar-refractivity contribution in [2.75, 3.05) is 13.2 Å². The van der Waals surface area contributed by atoms with Crippen LogP contribution in [0.4, 0.5) is 9.18 Å². The lowest BCUT2D eigenvalue weighted by Gasteiger charge is -2.27. The third-order valence-electron chi connectivity index (χ3n) is 5.57. The second kappa shape index (κ2) is 8.19. The number of pyridine rings is 2. The van der Waals surface area contributed by atoms with Gasteiger partial charge in [0.05, 0.1) is 35.1 Å². The molecule has 2 aliphatic heterocycles. The normalized spacial score (nSPS) is 20.3. The maximum atomic E-state index is 13.7. The maximum Gasteiger partial charge on any atom is 0.410 e. The van der Waals surface area contributed by atoms with Crippen LogP contribution in [-0.2, 0) is 11.3 Å². The van der Waals surface area contributed by atoms with E-state index in [0.29, 0.717) is 35.6 Å². The molecule has 0 bridgehead atoms. The molecule has 4 rings (SSSR count). The predicted octanol–water partition coefficient (Wildman–Crippen LogP) is 3.32. The predicted molar refractivity (Wildman–Crippen MR) is 113 cm³/mol.